The molecule has 0 radical (unpaired) electrons. The Morgan fingerprint density at radius 3 is 2.47 bits per heavy atom. The minimum absolute atomic E-state index is 0.0422. The van der Waals surface area contributed by atoms with Crippen LogP contribution in [-0.2, 0) is 9.59 Å². The second-order valence-corrected chi connectivity index (χ2v) is 9.89. The molecule has 0 saturated carbocycles. The number of hydrogen-bond donors (Lipinski definition) is 1. The van der Waals surface area contributed by atoms with Crippen molar-refractivity contribution in [1.82, 2.24) is 4.98 Å². The number of rotatable bonds is 6. The molecule has 1 aromatic heterocycles. The third kappa shape index (κ3) is 4.16. The highest BCUT2D eigenvalue weighted by Gasteiger charge is 2.48. The van der Waals surface area contributed by atoms with E-state index in [2.05, 4.69) is 0 Å². The van der Waals surface area contributed by atoms with Crippen LogP contribution >= 0.6 is 11.3 Å². The molecule has 1 fully saturated rings. The number of aromatic nitrogens is 1. The first-order valence-corrected chi connectivity index (χ1v) is 12.7. The summed E-state index contributed by atoms with van der Waals surface area (Å²) in [5.74, 6) is -0.954. The summed E-state index contributed by atoms with van der Waals surface area (Å²) in [7, 11) is 0. The second kappa shape index (κ2) is 9.59. The van der Waals surface area contributed by atoms with Gasteiger partial charge in [0, 0.05) is 5.56 Å². The predicted octanol–water partition coefficient (Wildman–Crippen LogP) is 6.33. The molecular weight excluding hydrogens is 472 g/mol. The predicted molar refractivity (Wildman–Crippen MR) is 143 cm³/mol. The van der Waals surface area contributed by atoms with Gasteiger partial charge in [0.05, 0.1) is 28.4 Å². The third-order valence-corrected chi connectivity index (χ3v) is 7.19. The van der Waals surface area contributed by atoms with Gasteiger partial charge in [-0.2, -0.15) is 0 Å². The highest BCUT2D eigenvalue weighted by Crippen LogP contribution is 2.45. The first-order valence-electron chi connectivity index (χ1n) is 11.9. The molecule has 5 rings (SSSR count). The fourth-order valence-electron chi connectivity index (χ4n) is 4.52. The van der Waals surface area contributed by atoms with Crippen molar-refractivity contribution in [3.05, 3.63) is 94.6 Å². The lowest BCUT2D eigenvalue weighted by molar-refractivity contribution is -0.132. The van der Waals surface area contributed by atoms with Crippen LogP contribution in [0.3, 0.4) is 0 Å². The number of nitrogens with zero attached hydrogens (tertiary/aromatic N) is 2. The van der Waals surface area contributed by atoms with E-state index >= 15 is 0 Å². The van der Waals surface area contributed by atoms with Crippen LogP contribution in [0.15, 0.2) is 72.3 Å². The number of Topliss-reactive ketones (excluding diaryl/α,β-unsaturated/α-hetero) is 1. The number of hydrogen-bond acceptors (Lipinski definition) is 6. The number of fused-ring (bicyclic) bond motifs is 1. The van der Waals surface area contributed by atoms with Crippen molar-refractivity contribution in [2.24, 2.45) is 0 Å². The number of benzene rings is 3. The molecular formula is C29H26N2O4S. The Labute approximate surface area is 213 Å². The van der Waals surface area contributed by atoms with Crippen LogP contribution < -0.4 is 9.64 Å². The molecule has 3 aromatic carbocycles. The van der Waals surface area contributed by atoms with Gasteiger partial charge in [0.15, 0.2) is 5.13 Å². The van der Waals surface area contributed by atoms with Gasteiger partial charge < -0.3 is 9.84 Å². The summed E-state index contributed by atoms with van der Waals surface area (Å²) < 4.78 is 6.65. The minimum atomic E-state index is -0.826. The summed E-state index contributed by atoms with van der Waals surface area (Å²) in [6, 6.07) is 19.3. The normalized spacial score (nSPS) is 17.2. The van der Waals surface area contributed by atoms with Crippen molar-refractivity contribution in [3.8, 4) is 5.75 Å². The number of anilines is 1. The number of carbonyl (C=O) groups is 2. The smallest absolute Gasteiger partial charge is 0.301 e. The quantitative estimate of drug-likeness (QED) is 0.191. The van der Waals surface area contributed by atoms with Crippen LogP contribution in [0.4, 0.5) is 5.13 Å². The van der Waals surface area contributed by atoms with E-state index in [0.29, 0.717) is 28.6 Å². The minimum Gasteiger partial charge on any atom is -0.507 e. The standard InChI is InChI=1S/C29H26N2O4S/c1-4-14-35-21-12-10-19(11-13-21)25-23(26(32)20-8-6-5-7-9-20)27(33)28(34)31(25)29-30-24-18(3)15-17(2)16-22(24)36-29/h5-13,15-16,25,32H,4,14H2,1-3H3/b26-23+. The summed E-state index contributed by atoms with van der Waals surface area (Å²) in [5.41, 5.74) is 4.10. The van der Waals surface area contributed by atoms with Crippen LogP contribution in [0.1, 0.15) is 41.6 Å². The number of ketones is 1. The Morgan fingerprint density at radius 1 is 1.06 bits per heavy atom. The lowest BCUT2D eigenvalue weighted by Crippen LogP contribution is -2.29. The van der Waals surface area contributed by atoms with Crippen LogP contribution in [0, 0.1) is 13.8 Å². The van der Waals surface area contributed by atoms with Gasteiger partial charge in [-0.05, 0) is 55.2 Å². The summed E-state index contributed by atoms with van der Waals surface area (Å²) in [4.78, 5) is 33.0. The molecule has 2 heterocycles. The lowest BCUT2D eigenvalue weighted by Gasteiger charge is -2.23. The maximum absolute atomic E-state index is 13.4. The average molecular weight is 499 g/mol. The zero-order valence-electron chi connectivity index (χ0n) is 20.3. The number of aryl methyl sites for hydroxylation is 2. The SMILES string of the molecule is CCCOc1ccc(C2/C(=C(\O)c3ccccc3)C(=O)C(=O)N2c2nc3c(C)cc(C)cc3s2)cc1. The third-order valence-electron chi connectivity index (χ3n) is 6.18. The van der Waals surface area contributed by atoms with E-state index in [-0.39, 0.29) is 11.3 Å². The maximum atomic E-state index is 13.4. The van der Waals surface area contributed by atoms with Crippen molar-refractivity contribution < 1.29 is 19.4 Å². The van der Waals surface area contributed by atoms with Crippen molar-refractivity contribution in [2.45, 2.75) is 33.2 Å². The van der Waals surface area contributed by atoms with Gasteiger partial charge in [0.1, 0.15) is 11.5 Å². The van der Waals surface area contributed by atoms with E-state index < -0.39 is 17.7 Å². The number of amides is 1. The molecule has 1 aliphatic heterocycles. The Balaban J connectivity index is 1.69. The van der Waals surface area contributed by atoms with E-state index in [0.717, 1.165) is 27.8 Å². The molecule has 1 aliphatic rings. The lowest BCUT2D eigenvalue weighted by atomic mass is 9.95. The van der Waals surface area contributed by atoms with Crippen LogP contribution in [0.5, 0.6) is 5.75 Å². The molecule has 0 bridgehead atoms. The molecule has 0 aliphatic carbocycles. The molecule has 1 saturated heterocycles. The Hall–Kier alpha value is -3.97. The van der Waals surface area contributed by atoms with Crippen molar-refractivity contribution in [1.29, 1.82) is 0 Å². The number of thiazole rings is 1. The first-order chi connectivity index (χ1) is 17.4. The van der Waals surface area contributed by atoms with E-state index in [1.165, 1.54) is 16.2 Å². The van der Waals surface area contributed by atoms with Crippen LogP contribution in [0.2, 0.25) is 0 Å². The topological polar surface area (TPSA) is 79.7 Å². The van der Waals surface area contributed by atoms with Gasteiger partial charge >= 0.3 is 5.91 Å². The van der Waals surface area contributed by atoms with E-state index in [1.807, 2.05) is 63.2 Å². The number of aliphatic hydroxyl groups is 1. The molecule has 7 heteroatoms. The fourth-order valence-corrected chi connectivity index (χ4v) is 5.69. The summed E-state index contributed by atoms with van der Waals surface area (Å²) in [6.45, 7) is 6.62. The summed E-state index contributed by atoms with van der Waals surface area (Å²) in [6.07, 6.45) is 0.884. The van der Waals surface area contributed by atoms with Gasteiger partial charge in [-0.3, -0.25) is 14.5 Å². The molecule has 182 valence electrons. The summed E-state index contributed by atoms with van der Waals surface area (Å²) in [5, 5.41) is 11.7. The van der Waals surface area contributed by atoms with Crippen molar-refractivity contribution >= 4 is 44.1 Å². The molecule has 1 N–H and O–H groups in total. The van der Waals surface area contributed by atoms with Crippen LogP contribution in [0.25, 0.3) is 16.0 Å². The monoisotopic (exact) mass is 498 g/mol. The van der Waals surface area contributed by atoms with Crippen LogP contribution in [-0.4, -0.2) is 28.4 Å². The number of carbonyl (C=O) groups excluding carboxylic acids is 2. The van der Waals surface area contributed by atoms with Gasteiger partial charge in [-0.1, -0.05) is 66.8 Å². The molecule has 4 aromatic rings. The molecule has 1 unspecified atom stereocenters. The fraction of sp³-hybridized carbons (Fsp3) is 0.207. The van der Waals surface area contributed by atoms with Gasteiger partial charge in [-0.25, -0.2) is 4.98 Å². The molecule has 0 spiro atoms. The van der Waals surface area contributed by atoms with Crippen molar-refractivity contribution in [3.63, 3.8) is 0 Å². The average Bonchev–Trinajstić information content (AvgIpc) is 3.42. The van der Waals surface area contributed by atoms with Gasteiger partial charge in [-0.15, -0.1) is 0 Å². The molecule has 6 nitrogen and oxygen atoms in total. The molecule has 1 amide bonds. The molecule has 1 atom stereocenters. The zero-order valence-corrected chi connectivity index (χ0v) is 21.1. The Bertz CT molecular complexity index is 1490. The Morgan fingerprint density at radius 2 is 1.78 bits per heavy atom. The number of aliphatic hydroxyl groups excluding tert-OH is 1. The largest absolute Gasteiger partial charge is 0.507 e. The highest BCUT2D eigenvalue weighted by atomic mass is 32.1. The van der Waals surface area contributed by atoms with E-state index in [4.69, 9.17) is 9.72 Å². The maximum Gasteiger partial charge on any atom is 0.301 e. The van der Waals surface area contributed by atoms with Crippen molar-refractivity contribution in [2.75, 3.05) is 11.5 Å². The highest BCUT2D eigenvalue weighted by molar-refractivity contribution is 7.22. The summed E-state index contributed by atoms with van der Waals surface area (Å²) >= 11 is 1.36. The second-order valence-electron chi connectivity index (χ2n) is 8.88. The number of ether oxygens (including phenoxy) is 1. The van der Waals surface area contributed by atoms with E-state index in [9.17, 15) is 14.7 Å². The first kappa shape index (κ1) is 23.8. The Kier molecular flexibility index (Phi) is 6.33. The van der Waals surface area contributed by atoms with E-state index in [1.54, 1.807) is 24.3 Å². The molecule has 36 heavy (non-hydrogen) atoms. The zero-order chi connectivity index (χ0) is 25.4. The van der Waals surface area contributed by atoms with Gasteiger partial charge in [0.25, 0.3) is 5.78 Å². The van der Waals surface area contributed by atoms with Gasteiger partial charge in [0.2, 0.25) is 0 Å².